The molecule has 1 unspecified atom stereocenters. The summed E-state index contributed by atoms with van der Waals surface area (Å²) < 4.78 is 0. The first-order chi connectivity index (χ1) is 14.0. The Morgan fingerprint density at radius 1 is 1.07 bits per heavy atom. The first kappa shape index (κ1) is 19.7. The third-order valence-corrected chi connectivity index (χ3v) is 5.91. The number of nitro groups is 1. The summed E-state index contributed by atoms with van der Waals surface area (Å²) >= 11 is 6.11. The van der Waals surface area contributed by atoms with Gasteiger partial charge >= 0.3 is 5.69 Å². The minimum absolute atomic E-state index is 0.0257. The Morgan fingerprint density at radius 2 is 1.76 bits per heavy atom. The standard InChI is InChI=1S/C20H25ClN6O2/c1-15-4-3-7-26(13-15)20-18(27(28)29)19(22-14-23-20)25-10-8-24(9-11-25)17-6-2-5-16(21)12-17/h2,5-6,12,14-15H,3-4,7-11,13H2,1H3. The van der Waals surface area contributed by atoms with E-state index >= 15 is 0 Å². The fraction of sp³-hybridized carbons (Fsp3) is 0.500. The van der Waals surface area contributed by atoms with Crippen molar-refractivity contribution >= 4 is 34.6 Å². The third kappa shape index (κ3) is 4.22. The SMILES string of the molecule is CC1CCCN(c2ncnc(N3CCN(c4cccc(Cl)c4)CC3)c2[N+](=O)[O-])C1. The van der Waals surface area contributed by atoms with Crippen LogP contribution >= 0.6 is 11.6 Å². The molecule has 0 amide bonds. The summed E-state index contributed by atoms with van der Waals surface area (Å²) in [5.41, 5.74) is 1.09. The van der Waals surface area contributed by atoms with Gasteiger partial charge in [0, 0.05) is 50.0 Å². The zero-order valence-corrected chi connectivity index (χ0v) is 17.3. The molecule has 1 aromatic heterocycles. The molecule has 9 heteroatoms. The van der Waals surface area contributed by atoms with Crippen LogP contribution in [0.2, 0.25) is 5.02 Å². The molecule has 0 bridgehead atoms. The molecule has 4 rings (SSSR count). The summed E-state index contributed by atoms with van der Waals surface area (Å²) in [4.78, 5) is 26.6. The van der Waals surface area contributed by atoms with E-state index in [1.165, 1.54) is 6.33 Å². The van der Waals surface area contributed by atoms with Crippen LogP contribution in [0.5, 0.6) is 0 Å². The highest BCUT2D eigenvalue weighted by molar-refractivity contribution is 6.30. The summed E-state index contributed by atoms with van der Waals surface area (Å²) in [5.74, 6) is 1.37. The van der Waals surface area contributed by atoms with E-state index in [2.05, 4.69) is 21.8 Å². The van der Waals surface area contributed by atoms with E-state index in [9.17, 15) is 10.1 Å². The fourth-order valence-corrected chi connectivity index (χ4v) is 4.40. The number of nitrogens with zero attached hydrogens (tertiary/aromatic N) is 6. The number of piperazine rings is 1. The van der Waals surface area contributed by atoms with Crippen molar-refractivity contribution in [2.24, 2.45) is 5.92 Å². The van der Waals surface area contributed by atoms with Crippen molar-refractivity contribution in [2.45, 2.75) is 19.8 Å². The van der Waals surface area contributed by atoms with Crippen molar-refractivity contribution in [3.05, 3.63) is 45.7 Å². The Balaban J connectivity index is 1.56. The van der Waals surface area contributed by atoms with Crippen LogP contribution < -0.4 is 14.7 Å². The van der Waals surface area contributed by atoms with Crippen LogP contribution in [0.25, 0.3) is 0 Å². The zero-order chi connectivity index (χ0) is 20.4. The lowest BCUT2D eigenvalue weighted by Gasteiger charge is -2.37. The molecule has 1 atom stereocenters. The van der Waals surface area contributed by atoms with E-state index in [4.69, 9.17) is 11.6 Å². The van der Waals surface area contributed by atoms with Crippen molar-refractivity contribution in [3.8, 4) is 0 Å². The summed E-state index contributed by atoms with van der Waals surface area (Å²) in [6.07, 6.45) is 3.63. The number of benzene rings is 1. The van der Waals surface area contributed by atoms with E-state index in [0.29, 0.717) is 35.7 Å². The van der Waals surface area contributed by atoms with Crippen LogP contribution in [0.1, 0.15) is 19.8 Å². The Morgan fingerprint density at radius 3 is 2.41 bits per heavy atom. The molecule has 2 aliphatic heterocycles. The molecule has 0 aliphatic carbocycles. The van der Waals surface area contributed by atoms with E-state index in [1.54, 1.807) is 0 Å². The summed E-state index contributed by atoms with van der Waals surface area (Å²) in [6, 6.07) is 7.77. The predicted octanol–water partition coefficient (Wildman–Crippen LogP) is 3.60. The van der Waals surface area contributed by atoms with E-state index in [-0.39, 0.29) is 10.6 Å². The third-order valence-electron chi connectivity index (χ3n) is 5.68. The van der Waals surface area contributed by atoms with Crippen molar-refractivity contribution in [3.63, 3.8) is 0 Å². The molecule has 0 N–H and O–H groups in total. The van der Waals surface area contributed by atoms with Gasteiger partial charge in [-0.15, -0.1) is 0 Å². The van der Waals surface area contributed by atoms with E-state index in [1.807, 2.05) is 34.1 Å². The van der Waals surface area contributed by atoms with Crippen LogP contribution in [0.4, 0.5) is 23.0 Å². The highest BCUT2D eigenvalue weighted by atomic mass is 35.5. The quantitative estimate of drug-likeness (QED) is 0.556. The average Bonchev–Trinajstić information content (AvgIpc) is 2.73. The Labute approximate surface area is 175 Å². The maximum atomic E-state index is 12.0. The fourth-order valence-electron chi connectivity index (χ4n) is 4.22. The molecular weight excluding hydrogens is 392 g/mol. The summed E-state index contributed by atoms with van der Waals surface area (Å²) in [6.45, 7) is 6.56. The molecule has 0 spiro atoms. The van der Waals surface area contributed by atoms with Gasteiger partial charge in [0.25, 0.3) is 0 Å². The van der Waals surface area contributed by atoms with Crippen molar-refractivity contribution in [1.82, 2.24) is 9.97 Å². The maximum absolute atomic E-state index is 12.0. The Bertz CT molecular complexity index is 887. The molecule has 3 heterocycles. The van der Waals surface area contributed by atoms with E-state index in [0.717, 1.165) is 44.7 Å². The second-order valence-corrected chi connectivity index (χ2v) is 8.21. The molecule has 2 fully saturated rings. The van der Waals surface area contributed by atoms with Gasteiger partial charge in [0.1, 0.15) is 6.33 Å². The highest BCUT2D eigenvalue weighted by Gasteiger charge is 2.32. The topological polar surface area (TPSA) is 78.6 Å². The Kier molecular flexibility index (Phi) is 5.71. The van der Waals surface area contributed by atoms with Gasteiger partial charge in [-0.3, -0.25) is 10.1 Å². The number of piperidine rings is 1. The van der Waals surface area contributed by atoms with Gasteiger partial charge in [0.2, 0.25) is 11.6 Å². The molecule has 0 saturated carbocycles. The molecule has 2 saturated heterocycles. The maximum Gasteiger partial charge on any atom is 0.353 e. The molecule has 8 nitrogen and oxygen atoms in total. The van der Waals surface area contributed by atoms with Gasteiger partial charge in [0.05, 0.1) is 4.92 Å². The zero-order valence-electron chi connectivity index (χ0n) is 16.5. The minimum atomic E-state index is -0.326. The highest BCUT2D eigenvalue weighted by Crippen LogP contribution is 2.36. The van der Waals surface area contributed by atoms with Gasteiger partial charge < -0.3 is 14.7 Å². The van der Waals surface area contributed by atoms with Crippen molar-refractivity contribution < 1.29 is 4.92 Å². The Hall–Kier alpha value is -2.61. The van der Waals surface area contributed by atoms with Gasteiger partial charge in [-0.25, -0.2) is 9.97 Å². The molecular formula is C20H25ClN6O2. The van der Waals surface area contributed by atoms with Gasteiger partial charge in [-0.1, -0.05) is 24.6 Å². The van der Waals surface area contributed by atoms with Crippen LogP contribution in [-0.2, 0) is 0 Å². The second kappa shape index (κ2) is 8.41. The summed E-state index contributed by atoms with van der Waals surface area (Å²) in [5, 5.41) is 12.7. The molecule has 1 aromatic carbocycles. The van der Waals surface area contributed by atoms with Gasteiger partial charge in [-0.05, 0) is 37.0 Å². The van der Waals surface area contributed by atoms with Crippen molar-refractivity contribution in [1.29, 1.82) is 0 Å². The monoisotopic (exact) mass is 416 g/mol. The van der Waals surface area contributed by atoms with E-state index < -0.39 is 0 Å². The predicted molar refractivity (Wildman–Crippen MR) is 115 cm³/mol. The molecule has 0 radical (unpaired) electrons. The van der Waals surface area contributed by atoms with Crippen molar-refractivity contribution in [2.75, 3.05) is 54.0 Å². The van der Waals surface area contributed by atoms with Gasteiger partial charge in [-0.2, -0.15) is 0 Å². The van der Waals surface area contributed by atoms with Crippen LogP contribution in [0.3, 0.4) is 0 Å². The average molecular weight is 417 g/mol. The lowest BCUT2D eigenvalue weighted by atomic mass is 10.0. The minimum Gasteiger partial charge on any atom is -0.368 e. The van der Waals surface area contributed by atoms with Crippen LogP contribution in [-0.4, -0.2) is 54.2 Å². The molecule has 2 aliphatic rings. The lowest BCUT2D eigenvalue weighted by Crippen LogP contribution is -2.47. The largest absolute Gasteiger partial charge is 0.368 e. The first-order valence-corrected chi connectivity index (χ1v) is 10.4. The number of rotatable bonds is 4. The number of halogens is 1. The lowest BCUT2D eigenvalue weighted by molar-refractivity contribution is -0.383. The van der Waals surface area contributed by atoms with Crippen LogP contribution in [0, 0.1) is 16.0 Å². The number of anilines is 3. The summed E-state index contributed by atoms with van der Waals surface area (Å²) in [7, 11) is 0. The van der Waals surface area contributed by atoms with Crippen LogP contribution in [0.15, 0.2) is 30.6 Å². The first-order valence-electron chi connectivity index (χ1n) is 10.0. The number of aromatic nitrogens is 2. The smallest absolute Gasteiger partial charge is 0.353 e. The molecule has 2 aromatic rings. The normalized spacial score (nSPS) is 20.1. The second-order valence-electron chi connectivity index (χ2n) is 7.77. The number of hydrogen-bond donors (Lipinski definition) is 0. The molecule has 154 valence electrons. The van der Waals surface area contributed by atoms with Gasteiger partial charge in [0.15, 0.2) is 0 Å². The number of hydrogen-bond acceptors (Lipinski definition) is 7. The molecule has 29 heavy (non-hydrogen) atoms.